The Morgan fingerprint density at radius 2 is 2.10 bits per heavy atom. The Labute approximate surface area is 124 Å². The van der Waals surface area contributed by atoms with Crippen molar-refractivity contribution in [3.05, 3.63) is 29.6 Å². The molecule has 1 aromatic carbocycles. The number of anilines is 1. The summed E-state index contributed by atoms with van der Waals surface area (Å²) >= 11 is 1.83. The van der Waals surface area contributed by atoms with Crippen molar-refractivity contribution in [2.45, 2.75) is 26.2 Å². The lowest BCUT2D eigenvalue weighted by molar-refractivity contribution is 0.0953. The molecule has 1 rings (SSSR count). The zero-order valence-corrected chi connectivity index (χ0v) is 13.0. The molecule has 1 amide bonds. The van der Waals surface area contributed by atoms with Crippen molar-refractivity contribution in [3.8, 4) is 0 Å². The average Bonchev–Trinajstić information content (AvgIpc) is 2.45. The van der Waals surface area contributed by atoms with Gasteiger partial charge >= 0.3 is 0 Å². The number of rotatable bonds is 9. The molecule has 1 aromatic rings. The number of nitrogens with one attached hydrogen (secondary N) is 2. The molecule has 0 saturated heterocycles. The van der Waals surface area contributed by atoms with Gasteiger partial charge in [0.15, 0.2) is 0 Å². The molecule has 5 heteroatoms. The molecular weight excluding hydrogens is 275 g/mol. The van der Waals surface area contributed by atoms with Gasteiger partial charge in [-0.15, -0.1) is 0 Å². The molecular formula is C15H23FN2OS. The topological polar surface area (TPSA) is 41.1 Å². The number of amides is 1. The van der Waals surface area contributed by atoms with Crippen LogP contribution >= 0.6 is 11.8 Å². The first-order chi connectivity index (χ1) is 9.70. The van der Waals surface area contributed by atoms with E-state index in [1.54, 1.807) is 12.1 Å². The first-order valence-corrected chi connectivity index (χ1v) is 8.39. The number of thioether (sulfide) groups is 1. The quantitative estimate of drug-likeness (QED) is 0.685. The minimum Gasteiger partial charge on any atom is -0.382 e. The third kappa shape index (κ3) is 5.41. The van der Waals surface area contributed by atoms with Gasteiger partial charge in [0.05, 0.1) is 11.3 Å². The summed E-state index contributed by atoms with van der Waals surface area (Å²) < 4.78 is 13.7. The minimum atomic E-state index is -0.389. The molecule has 0 bridgehead atoms. The summed E-state index contributed by atoms with van der Waals surface area (Å²) in [7, 11) is 0. The number of benzene rings is 1. The van der Waals surface area contributed by atoms with Crippen molar-refractivity contribution in [2.24, 2.45) is 0 Å². The normalized spacial score (nSPS) is 10.3. The summed E-state index contributed by atoms with van der Waals surface area (Å²) in [6.45, 7) is 3.09. The Kier molecular flexibility index (Phi) is 8.11. The smallest absolute Gasteiger partial charge is 0.253 e. The van der Waals surface area contributed by atoms with E-state index in [9.17, 15) is 9.18 Å². The molecule has 0 saturated carbocycles. The van der Waals surface area contributed by atoms with Gasteiger partial charge in [0, 0.05) is 13.1 Å². The molecule has 2 N–H and O–H groups in total. The second kappa shape index (κ2) is 9.64. The van der Waals surface area contributed by atoms with Crippen molar-refractivity contribution in [1.29, 1.82) is 0 Å². The number of carbonyl (C=O) groups excluding carboxylic acids is 1. The maximum absolute atomic E-state index is 13.7. The van der Waals surface area contributed by atoms with Crippen LogP contribution in [0.5, 0.6) is 0 Å². The van der Waals surface area contributed by atoms with Crippen LogP contribution in [0.2, 0.25) is 0 Å². The molecule has 0 spiro atoms. The lowest BCUT2D eigenvalue weighted by Gasteiger charge is -2.12. The van der Waals surface area contributed by atoms with E-state index in [-0.39, 0.29) is 17.4 Å². The zero-order chi connectivity index (χ0) is 14.8. The van der Waals surface area contributed by atoms with Crippen LogP contribution in [-0.2, 0) is 0 Å². The Morgan fingerprint density at radius 1 is 1.30 bits per heavy atom. The molecule has 3 nitrogen and oxygen atoms in total. The van der Waals surface area contributed by atoms with Crippen molar-refractivity contribution < 1.29 is 9.18 Å². The second-order valence-electron chi connectivity index (χ2n) is 4.50. The molecule has 112 valence electrons. The first kappa shape index (κ1) is 16.8. The molecule has 0 heterocycles. The molecule has 0 aromatic heterocycles. The minimum absolute atomic E-state index is 0.217. The maximum atomic E-state index is 13.7. The molecule has 0 aliphatic rings. The van der Waals surface area contributed by atoms with Gasteiger partial charge in [0.25, 0.3) is 5.91 Å². The number of unbranched alkanes of at least 4 members (excludes halogenated alkanes) is 2. The number of para-hydroxylation sites is 1. The second-order valence-corrected chi connectivity index (χ2v) is 5.49. The Bertz CT molecular complexity index is 426. The average molecular weight is 298 g/mol. The van der Waals surface area contributed by atoms with Crippen LogP contribution in [0, 0.1) is 5.82 Å². The number of hydrogen-bond acceptors (Lipinski definition) is 3. The fraction of sp³-hybridized carbons (Fsp3) is 0.533. The summed E-state index contributed by atoms with van der Waals surface area (Å²) in [6.07, 6.45) is 5.32. The van der Waals surface area contributed by atoms with Crippen molar-refractivity contribution in [3.63, 3.8) is 0 Å². The van der Waals surface area contributed by atoms with Gasteiger partial charge in [-0.25, -0.2) is 4.39 Å². The Balaban J connectivity index is 2.49. The van der Waals surface area contributed by atoms with Crippen LogP contribution in [0.3, 0.4) is 0 Å². The third-order valence-corrected chi connectivity index (χ3v) is 3.62. The van der Waals surface area contributed by atoms with E-state index in [1.807, 2.05) is 18.7 Å². The van der Waals surface area contributed by atoms with E-state index >= 15 is 0 Å². The van der Waals surface area contributed by atoms with Crippen LogP contribution < -0.4 is 10.6 Å². The van der Waals surface area contributed by atoms with Crippen LogP contribution in [-0.4, -0.2) is 31.0 Å². The van der Waals surface area contributed by atoms with Crippen molar-refractivity contribution in [2.75, 3.05) is 30.4 Å². The van der Waals surface area contributed by atoms with E-state index in [1.165, 1.54) is 12.5 Å². The fourth-order valence-electron chi connectivity index (χ4n) is 1.92. The first-order valence-electron chi connectivity index (χ1n) is 7.00. The summed E-state index contributed by atoms with van der Waals surface area (Å²) in [6, 6.07) is 4.56. The highest BCUT2D eigenvalue weighted by Gasteiger charge is 2.13. The van der Waals surface area contributed by atoms with E-state index in [0.29, 0.717) is 18.7 Å². The number of carbonyl (C=O) groups is 1. The van der Waals surface area contributed by atoms with E-state index in [4.69, 9.17) is 0 Å². The van der Waals surface area contributed by atoms with Crippen LogP contribution in [0.25, 0.3) is 0 Å². The van der Waals surface area contributed by atoms with Gasteiger partial charge in [-0.2, -0.15) is 11.8 Å². The molecule has 0 atom stereocenters. The lowest BCUT2D eigenvalue weighted by atomic mass is 10.1. The van der Waals surface area contributed by atoms with Gasteiger partial charge < -0.3 is 10.6 Å². The van der Waals surface area contributed by atoms with Gasteiger partial charge in [-0.3, -0.25) is 4.79 Å². The predicted molar refractivity (Wildman–Crippen MR) is 85.1 cm³/mol. The molecule has 0 aliphatic carbocycles. The SMILES string of the molecule is CCNc1c(F)cccc1C(=O)NCCCCCSC. The molecule has 0 aliphatic heterocycles. The lowest BCUT2D eigenvalue weighted by Crippen LogP contribution is -2.25. The van der Waals surface area contributed by atoms with Crippen LogP contribution in [0.4, 0.5) is 10.1 Å². The van der Waals surface area contributed by atoms with Gasteiger partial charge in [-0.1, -0.05) is 12.5 Å². The van der Waals surface area contributed by atoms with Gasteiger partial charge in [0.2, 0.25) is 0 Å². The largest absolute Gasteiger partial charge is 0.382 e. The zero-order valence-electron chi connectivity index (χ0n) is 12.2. The summed E-state index contributed by atoms with van der Waals surface area (Å²) in [5.41, 5.74) is 0.658. The predicted octanol–water partition coefficient (Wildman–Crippen LogP) is 3.52. The highest BCUT2D eigenvalue weighted by atomic mass is 32.2. The van der Waals surface area contributed by atoms with Crippen molar-refractivity contribution in [1.82, 2.24) is 5.32 Å². The highest BCUT2D eigenvalue weighted by molar-refractivity contribution is 7.98. The van der Waals surface area contributed by atoms with Gasteiger partial charge in [-0.05, 0) is 43.9 Å². The molecule has 0 unspecified atom stereocenters. The maximum Gasteiger partial charge on any atom is 0.253 e. The monoisotopic (exact) mass is 298 g/mol. The summed E-state index contributed by atoms with van der Waals surface area (Å²) in [5, 5.41) is 5.75. The fourth-order valence-corrected chi connectivity index (χ4v) is 2.41. The van der Waals surface area contributed by atoms with E-state index in [2.05, 4.69) is 16.9 Å². The Hall–Kier alpha value is -1.23. The molecule has 0 radical (unpaired) electrons. The van der Waals surface area contributed by atoms with Crippen LogP contribution in [0.15, 0.2) is 18.2 Å². The number of hydrogen-bond donors (Lipinski definition) is 2. The third-order valence-electron chi connectivity index (χ3n) is 2.92. The van der Waals surface area contributed by atoms with E-state index in [0.717, 1.165) is 18.6 Å². The van der Waals surface area contributed by atoms with Gasteiger partial charge in [0.1, 0.15) is 5.82 Å². The standard InChI is InChI=1S/C15H23FN2OS/c1-3-17-14-12(8-7-9-13(14)16)15(19)18-10-5-4-6-11-20-2/h7-9,17H,3-6,10-11H2,1-2H3,(H,18,19). The van der Waals surface area contributed by atoms with E-state index < -0.39 is 0 Å². The molecule has 20 heavy (non-hydrogen) atoms. The van der Waals surface area contributed by atoms with Crippen molar-refractivity contribution >= 4 is 23.4 Å². The Morgan fingerprint density at radius 3 is 2.80 bits per heavy atom. The number of halogens is 1. The summed E-state index contributed by atoms with van der Waals surface area (Å²) in [5.74, 6) is 0.548. The summed E-state index contributed by atoms with van der Waals surface area (Å²) in [4.78, 5) is 12.1. The molecule has 0 fully saturated rings. The highest BCUT2D eigenvalue weighted by Crippen LogP contribution is 2.19. The van der Waals surface area contributed by atoms with Crippen LogP contribution in [0.1, 0.15) is 36.5 Å².